The molecule has 0 N–H and O–H groups in total. The number of nitrogens with zero attached hydrogens (tertiary/aromatic N) is 1. The largest absolute Gasteiger partial charge is 0.487 e. The first-order valence-corrected chi connectivity index (χ1v) is 10.7. The number of aromatic nitrogens is 1. The van der Waals surface area contributed by atoms with E-state index in [4.69, 9.17) is 4.74 Å². The SMILES string of the molecule is CCc1ccc(-c2nc(COc3cccc(S(C)(=O)=O)c3)cs2)cc1. The van der Waals surface area contributed by atoms with E-state index >= 15 is 0 Å². The molecule has 0 fully saturated rings. The molecular formula is C19H19NO3S2. The van der Waals surface area contributed by atoms with E-state index in [9.17, 15) is 8.42 Å². The number of thiazole rings is 1. The molecule has 1 aromatic heterocycles. The Morgan fingerprint density at radius 2 is 1.88 bits per heavy atom. The molecule has 2 aromatic carbocycles. The Labute approximate surface area is 152 Å². The van der Waals surface area contributed by atoms with E-state index in [2.05, 4.69) is 36.2 Å². The summed E-state index contributed by atoms with van der Waals surface area (Å²) in [6.45, 7) is 2.43. The molecule has 0 aliphatic rings. The van der Waals surface area contributed by atoms with E-state index in [0.29, 0.717) is 12.4 Å². The summed E-state index contributed by atoms with van der Waals surface area (Å²) in [6.07, 6.45) is 2.20. The van der Waals surface area contributed by atoms with Crippen molar-refractivity contribution in [3.05, 3.63) is 65.2 Å². The summed E-state index contributed by atoms with van der Waals surface area (Å²) in [5.41, 5.74) is 3.21. The summed E-state index contributed by atoms with van der Waals surface area (Å²) in [5, 5.41) is 2.91. The number of hydrogen-bond donors (Lipinski definition) is 0. The fraction of sp³-hybridized carbons (Fsp3) is 0.211. The Morgan fingerprint density at radius 3 is 2.56 bits per heavy atom. The second-order valence-corrected chi connectivity index (χ2v) is 8.60. The van der Waals surface area contributed by atoms with Gasteiger partial charge in [0.15, 0.2) is 9.84 Å². The van der Waals surface area contributed by atoms with Gasteiger partial charge in [0, 0.05) is 17.2 Å². The van der Waals surface area contributed by atoms with Gasteiger partial charge >= 0.3 is 0 Å². The summed E-state index contributed by atoms with van der Waals surface area (Å²) in [7, 11) is -3.24. The van der Waals surface area contributed by atoms with Crippen LogP contribution in [-0.4, -0.2) is 19.7 Å². The fourth-order valence-electron chi connectivity index (χ4n) is 2.34. The second-order valence-electron chi connectivity index (χ2n) is 5.73. The lowest BCUT2D eigenvalue weighted by molar-refractivity contribution is 0.301. The monoisotopic (exact) mass is 373 g/mol. The van der Waals surface area contributed by atoms with Crippen LogP contribution in [0.4, 0.5) is 0 Å². The maximum Gasteiger partial charge on any atom is 0.175 e. The Morgan fingerprint density at radius 1 is 1.12 bits per heavy atom. The number of benzene rings is 2. The Hall–Kier alpha value is -2.18. The van der Waals surface area contributed by atoms with Gasteiger partial charge in [-0.2, -0.15) is 0 Å². The molecule has 3 rings (SSSR count). The molecule has 0 atom stereocenters. The minimum Gasteiger partial charge on any atom is -0.487 e. The van der Waals surface area contributed by atoms with E-state index in [0.717, 1.165) is 22.7 Å². The topological polar surface area (TPSA) is 56.3 Å². The number of rotatable bonds is 6. The summed E-state index contributed by atoms with van der Waals surface area (Å²) in [6, 6.07) is 14.9. The standard InChI is InChI=1S/C19H19NO3S2/c1-3-14-7-9-15(10-8-14)19-20-16(13-24-19)12-23-17-5-4-6-18(11-17)25(2,21)22/h4-11,13H,3,12H2,1-2H3. The van der Waals surface area contributed by atoms with Crippen molar-refractivity contribution in [1.29, 1.82) is 0 Å². The predicted molar refractivity (Wildman–Crippen MR) is 101 cm³/mol. The Kier molecular flexibility index (Phi) is 5.20. The van der Waals surface area contributed by atoms with E-state index in [-0.39, 0.29) is 4.90 Å². The van der Waals surface area contributed by atoms with Crippen molar-refractivity contribution < 1.29 is 13.2 Å². The predicted octanol–water partition coefficient (Wildman–Crippen LogP) is 4.36. The molecule has 0 spiro atoms. The van der Waals surface area contributed by atoms with Gasteiger partial charge in [-0.1, -0.05) is 37.3 Å². The molecule has 0 aliphatic carbocycles. The van der Waals surface area contributed by atoms with Crippen LogP contribution in [-0.2, 0) is 22.9 Å². The molecule has 0 saturated carbocycles. The highest BCUT2D eigenvalue weighted by atomic mass is 32.2. The smallest absolute Gasteiger partial charge is 0.175 e. The van der Waals surface area contributed by atoms with E-state index in [1.54, 1.807) is 29.5 Å². The van der Waals surface area contributed by atoms with Crippen molar-refractivity contribution >= 4 is 21.2 Å². The quantitative estimate of drug-likeness (QED) is 0.644. The maximum absolute atomic E-state index is 11.6. The maximum atomic E-state index is 11.6. The molecule has 0 amide bonds. The van der Waals surface area contributed by atoms with E-state index < -0.39 is 9.84 Å². The summed E-state index contributed by atoms with van der Waals surface area (Å²) < 4.78 is 28.9. The number of sulfone groups is 1. The fourth-order valence-corrected chi connectivity index (χ4v) is 3.81. The molecule has 0 unspecified atom stereocenters. The van der Waals surface area contributed by atoms with Gasteiger partial charge in [0.2, 0.25) is 0 Å². The Balaban J connectivity index is 1.69. The highest BCUT2D eigenvalue weighted by Crippen LogP contribution is 2.25. The van der Waals surface area contributed by atoms with Crippen LogP contribution in [0.2, 0.25) is 0 Å². The van der Waals surface area contributed by atoms with Gasteiger partial charge in [0.25, 0.3) is 0 Å². The van der Waals surface area contributed by atoms with Crippen LogP contribution in [0.5, 0.6) is 5.75 Å². The zero-order valence-corrected chi connectivity index (χ0v) is 15.7. The van der Waals surface area contributed by atoms with Crippen LogP contribution in [0.1, 0.15) is 18.2 Å². The normalized spacial score (nSPS) is 11.4. The highest BCUT2D eigenvalue weighted by Gasteiger charge is 2.09. The molecule has 0 bridgehead atoms. The summed E-state index contributed by atoms with van der Waals surface area (Å²) in [4.78, 5) is 4.85. The number of ether oxygens (including phenoxy) is 1. The van der Waals surface area contributed by atoms with Crippen molar-refractivity contribution in [3.8, 4) is 16.3 Å². The summed E-state index contributed by atoms with van der Waals surface area (Å²) >= 11 is 1.57. The lowest BCUT2D eigenvalue weighted by Crippen LogP contribution is -1.99. The van der Waals surface area contributed by atoms with Crippen molar-refractivity contribution in [2.75, 3.05) is 6.26 Å². The zero-order chi connectivity index (χ0) is 17.9. The molecule has 1 heterocycles. The molecule has 0 radical (unpaired) electrons. The molecule has 6 heteroatoms. The van der Waals surface area contributed by atoms with Gasteiger partial charge in [-0.15, -0.1) is 11.3 Å². The number of hydrogen-bond acceptors (Lipinski definition) is 5. The first-order valence-electron chi connectivity index (χ1n) is 7.92. The molecule has 0 aliphatic heterocycles. The van der Waals surface area contributed by atoms with Crippen molar-refractivity contribution in [1.82, 2.24) is 4.98 Å². The third kappa shape index (κ3) is 4.46. The van der Waals surface area contributed by atoms with Gasteiger partial charge in [0.05, 0.1) is 10.6 Å². The van der Waals surface area contributed by atoms with Gasteiger partial charge in [0.1, 0.15) is 17.4 Å². The number of aryl methyl sites for hydroxylation is 1. The van der Waals surface area contributed by atoms with Crippen LogP contribution in [0.25, 0.3) is 10.6 Å². The minimum absolute atomic E-state index is 0.250. The lowest BCUT2D eigenvalue weighted by Gasteiger charge is -2.06. The van der Waals surface area contributed by atoms with Crippen molar-refractivity contribution in [2.45, 2.75) is 24.8 Å². The lowest BCUT2D eigenvalue weighted by atomic mass is 10.1. The molecule has 25 heavy (non-hydrogen) atoms. The third-order valence-electron chi connectivity index (χ3n) is 3.78. The average Bonchev–Trinajstić information content (AvgIpc) is 3.08. The van der Waals surface area contributed by atoms with Crippen LogP contribution in [0.3, 0.4) is 0 Å². The summed E-state index contributed by atoms with van der Waals surface area (Å²) in [5.74, 6) is 0.518. The zero-order valence-electron chi connectivity index (χ0n) is 14.1. The van der Waals surface area contributed by atoms with Gasteiger partial charge in [-0.3, -0.25) is 0 Å². The molecule has 0 saturated heterocycles. The van der Waals surface area contributed by atoms with E-state index in [1.165, 1.54) is 17.9 Å². The van der Waals surface area contributed by atoms with Gasteiger partial charge in [-0.25, -0.2) is 13.4 Å². The minimum atomic E-state index is -3.24. The third-order valence-corrected chi connectivity index (χ3v) is 5.83. The Bertz CT molecular complexity index is 960. The highest BCUT2D eigenvalue weighted by molar-refractivity contribution is 7.90. The van der Waals surface area contributed by atoms with Crippen molar-refractivity contribution in [3.63, 3.8) is 0 Å². The average molecular weight is 373 g/mol. The molecule has 4 nitrogen and oxygen atoms in total. The van der Waals surface area contributed by atoms with Crippen LogP contribution in [0, 0.1) is 0 Å². The second kappa shape index (κ2) is 7.37. The molecule has 130 valence electrons. The van der Waals surface area contributed by atoms with Crippen LogP contribution in [0.15, 0.2) is 58.8 Å². The van der Waals surface area contributed by atoms with Gasteiger partial charge in [-0.05, 0) is 30.2 Å². The van der Waals surface area contributed by atoms with Crippen LogP contribution >= 0.6 is 11.3 Å². The van der Waals surface area contributed by atoms with Gasteiger partial charge < -0.3 is 4.74 Å². The van der Waals surface area contributed by atoms with Crippen molar-refractivity contribution in [2.24, 2.45) is 0 Å². The first-order chi connectivity index (χ1) is 12.0. The molecule has 3 aromatic rings. The van der Waals surface area contributed by atoms with E-state index in [1.807, 2.05) is 5.38 Å². The first kappa shape index (κ1) is 17.6. The van der Waals surface area contributed by atoms with Crippen LogP contribution < -0.4 is 4.74 Å². The molecular weight excluding hydrogens is 354 g/mol.